The first-order valence-corrected chi connectivity index (χ1v) is 6.33. The van der Waals surface area contributed by atoms with E-state index in [1.165, 1.54) is 12.3 Å². The van der Waals surface area contributed by atoms with Gasteiger partial charge in [-0.1, -0.05) is 25.4 Å². The summed E-state index contributed by atoms with van der Waals surface area (Å²) in [6.45, 7) is 4.82. The normalized spacial score (nSPS) is 11.3. The van der Waals surface area contributed by atoms with Gasteiger partial charge in [0, 0.05) is 24.4 Å². The predicted molar refractivity (Wildman–Crippen MR) is 71.7 cm³/mol. The minimum absolute atomic E-state index is 0.0447. The average molecular weight is 271 g/mol. The standard InChI is InChI=1S/C13H19ClN2O2/c1-13(2,5-3-7-17)9-16-12(18)11-8-10(14)4-6-15-11/h4,6,8,17H,3,5,7,9H2,1-2H3,(H,16,18). The zero-order valence-electron chi connectivity index (χ0n) is 10.7. The van der Waals surface area contributed by atoms with Crippen LogP contribution in [0.15, 0.2) is 18.3 Å². The van der Waals surface area contributed by atoms with Crippen LogP contribution in [-0.4, -0.2) is 29.1 Å². The van der Waals surface area contributed by atoms with Crippen LogP contribution in [0.25, 0.3) is 0 Å². The van der Waals surface area contributed by atoms with E-state index >= 15 is 0 Å². The van der Waals surface area contributed by atoms with Gasteiger partial charge in [0.15, 0.2) is 0 Å². The number of hydrogen-bond acceptors (Lipinski definition) is 3. The Morgan fingerprint density at radius 2 is 2.28 bits per heavy atom. The van der Waals surface area contributed by atoms with E-state index < -0.39 is 0 Å². The van der Waals surface area contributed by atoms with E-state index in [0.29, 0.717) is 17.3 Å². The van der Waals surface area contributed by atoms with E-state index in [4.69, 9.17) is 16.7 Å². The highest BCUT2D eigenvalue weighted by molar-refractivity contribution is 6.30. The molecule has 5 heteroatoms. The molecule has 0 radical (unpaired) electrons. The summed E-state index contributed by atoms with van der Waals surface area (Å²) >= 11 is 5.80. The van der Waals surface area contributed by atoms with Gasteiger partial charge in [-0.2, -0.15) is 0 Å². The molecule has 0 saturated carbocycles. The highest BCUT2D eigenvalue weighted by Crippen LogP contribution is 2.20. The molecule has 18 heavy (non-hydrogen) atoms. The molecule has 1 heterocycles. The van der Waals surface area contributed by atoms with Gasteiger partial charge in [-0.05, 0) is 30.4 Å². The van der Waals surface area contributed by atoms with Crippen LogP contribution in [0.4, 0.5) is 0 Å². The monoisotopic (exact) mass is 270 g/mol. The maximum absolute atomic E-state index is 11.8. The first-order chi connectivity index (χ1) is 8.44. The summed E-state index contributed by atoms with van der Waals surface area (Å²) in [5.74, 6) is -0.227. The lowest BCUT2D eigenvalue weighted by Crippen LogP contribution is -2.34. The summed E-state index contributed by atoms with van der Waals surface area (Å²) < 4.78 is 0. The van der Waals surface area contributed by atoms with Crippen LogP contribution in [0.5, 0.6) is 0 Å². The Labute approximate surface area is 112 Å². The number of amides is 1. The van der Waals surface area contributed by atoms with Gasteiger partial charge in [-0.25, -0.2) is 0 Å². The molecule has 0 aliphatic heterocycles. The number of aliphatic hydroxyl groups is 1. The molecule has 0 bridgehead atoms. The fourth-order valence-corrected chi connectivity index (χ4v) is 1.74. The van der Waals surface area contributed by atoms with Crippen LogP contribution in [-0.2, 0) is 0 Å². The van der Waals surface area contributed by atoms with Gasteiger partial charge in [-0.15, -0.1) is 0 Å². The Morgan fingerprint density at radius 3 is 2.89 bits per heavy atom. The fourth-order valence-electron chi connectivity index (χ4n) is 1.59. The van der Waals surface area contributed by atoms with Crippen LogP contribution in [0.1, 0.15) is 37.2 Å². The Morgan fingerprint density at radius 1 is 1.56 bits per heavy atom. The zero-order valence-corrected chi connectivity index (χ0v) is 11.5. The Kier molecular flexibility index (Phi) is 5.56. The van der Waals surface area contributed by atoms with E-state index in [1.807, 2.05) is 13.8 Å². The lowest BCUT2D eigenvalue weighted by Gasteiger charge is -2.24. The summed E-state index contributed by atoms with van der Waals surface area (Å²) in [6, 6.07) is 3.17. The van der Waals surface area contributed by atoms with Gasteiger partial charge < -0.3 is 10.4 Å². The first kappa shape index (κ1) is 14.9. The maximum Gasteiger partial charge on any atom is 0.269 e. The topological polar surface area (TPSA) is 62.2 Å². The molecule has 0 atom stereocenters. The molecule has 1 aromatic heterocycles. The summed E-state index contributed by atoms with van der Waals surface area (Å²) in [4.78, 5) is 15.8. The van der Waals surface area contributed by atoms with Crippen molar-refractivity contribution in [3.8, 4) is 0 Å². The molecule has 0 aliphatic rings. The highest BCUT2D eigenvalue weighted by atomic mass is 35.5. The van der Waals surface area contributed by atoms with Crippen molar-refractivity contribution in [1.82, 2.24) is 10.3 Å². The zero-order chi connectivity index (χ0) is 13.6. The second-order valence-corrected chi connectivity index (χ2v) is 5.47. The van der Waals surface area contributed by atoms with Crippen LogP contribution < -0.4 is 5.32 Å². The molecule has 1 rings (SSSR count). The van der Waals surface area contributed by atoms with Gasteiger partial charge in [0.25, 0.3) is 5.91 Å². The molecule has 1 aromatic rings. The number of rotatable bonds is 6. The number of carbonyl (C=O) groups excluding carboxylic acids is 1. The minimum atomic E-state index is -0.227. The summed E-state index contributed by atoms with van der Waals surface area (Å²) in [5.41, 5.74) is 0.275. The largest absolute Gasteiger partial charge is 0.396 e. The quantitative estimate of drug-likeness (QED) is 0.834. The number of nitrogens with zero attached hydrogens (tertiary/aromatic N) is 1. The molecule has 100 valence electrons. The van der Waals surface area contributed by atoms with Gasteiger partial charge in [0.1, 0.15) is 5.69 Å². The van der Waals surface area contributed by atoms with Crippen molar-refractivity contribution in [2.24, 2.45) is 5.41 Å². The third kappa shape index (κ3) is 5.02. The molecule has 0 spiro atoms. The van der Waals surface area contributed by atoms with Crippen molar-refractivity contribution in [2.75, 3.05) is 13.2 Å². The van der Waals surface area contributed by atoms with Crippen LogP contribution in [0.3, 0.4) is 0 Å². The van der Waals surface area contributed by atoms with Gasteiger partial charge in [-0.3, -0.25) is 9.78 Å². The summed E-state index contributed by atoms with van der Waals surface area (Å²) in [6.07, 6.45) is 3.10. The van der Waals surface area contributed by atoms with Crippen molar-refractivity contribution in [1.29, 1.82) is 0 Å². The second kappa shape index (κ2) is 6.71. The fraction of sp³-hybridized carbons (Fsp3) is 0.538. The van der Waals surface area contributed by atoms with Crippen molar-refractivity contribution < 1.29 is 9.90 Å². The molecule has 0 aliphatic carbocycles. The molecular formula is C13H19ClN2O2. The molecular weight excluding hydrogens is 252 g/mol. The SMILES string of the molecule is CC(C)(CCCO)CNC(=O)c1cc(Cl)ccn1. The molecule has 0 saturated heterocycles. The van der Waals surface area contributed by atoms with Crippen LogP contribution in [0.2, 0.25) is 5.02 Å². The van der Waals surface area contributed by atoms with E-state index in [0.717, 1.165) is 12.8 Å². The highest BCUT2D eigenvalue weighted by Gasteiger charge is 2.19. The third-order valence-electron chi connectivity index (χ3n) is 2.69. The summed E-state index contributed by atoms with van der Waals surface area (Å²) in [5, 5.41) is 12.1. The molecule has 2 N–H and O–H groups in total. The van der Waals surface area contributed by atoms with Gasteiger partial charge in [0.2, 0.25) is 0 Å². The Hall–Kier alpha value is -1.13. The van der Waals surface area contributed by atoms with Crippen molar-refractivity contribution in [3.63, 3.8) is 0 Å². The number of pyridine rings is 1. The number of hydrogen-bond donors (Lipinski definition) is 2. The number of carbonyl (C=O) groups is 1. The minimum Gasteiger partial charge on any atom is -0.396 e. The lowest BCUT2D eigenvalue weighted by molar-refractivity contribution is 0.0928. The van der Waals surface area contributed by atoms with Gasteiger partial charge >= 0.3 is 0 Å². The molecule has 0 fully saturated rings. The molecule has 1 amide bonds. The second-order valence-electron chi connectivity index (χ2n) is 5.03. The summed E-state index contributed by atoms with van der Waals surface area (Å²) in [7, 11) is 0. The third-order valence-corrected chi connectivity index (χ3v) is 2.93. The number of aromatic nitrogens is 1. The van der Waals surface area contributed by atoms with Gasteiger partial charge in [0.05, 0.1) is 0 Å². The van der Waals surface area contributed by atoms with Crippen molar-refractivity contribution in [2.45, 2.75) is 26.7 Å². The number of nitrogens with one attached hydrogen (secondary N) is 1. The average Bonchev–Trinajstić information content (AvgIpc) is 2.34. The number of aliphatic hydroxyl groups excluding tert-OH is 1. The van der Waals surface area contributed by atoms with E-state index in [-0.39, 0.29) is 17.9 Å². The Balaban J connectivity index is 2.50. The molecule has 0 aromatic carbocycles. The number of halogens is 1. The first-order valence-electron chi connectivity index (χ1n) is 5.95. The predicted octanol–water partition coefficient (Wildman–Crippen LogP) is 2.26. The van der Waals surface area contributed by atoms with E-state index in [2.05, 4.69) is 10.3 Å². The van der Waals surface area contributed by atoms with E-state index in [9.17, 15) is 4.79 Å². The lowest BCUT2D eigenvalue weighted by atomic mass is 9.88. The van der Waals surface area contributed by atoms with Crippen LogP contribution in [0, 0.1) is 5.41 Å². The maximum atomic E-state index is 11.8. The van der Waals surface area contributed by atoms with Crippen molar-refractivity contribution >= 4 is 17.5 Å². The van der Waals surface area contributed by atoms with Crippen LogP contribution >= 0.6 is 11.6 Å². The molecule has 4 nitrogen and oxygen atoms in total. The van der Waals surface area contributed by atoms with E-state index in [1.54, 1.807) is 6.07 Å². The Bertz CT molecular complexity index is 408. The smallest absolute Gasteiger partial charge is 0.269 e. The molecule has 0 unspecified atom stereocenters. The van der Waals surface area contributed by atoms with Crippen molar-refractivity contribution in [3.05, 3.63) is 29.0 Å².